The van der Waals surface area contributed by atoms with Crippen molar-refractivity contribution >= 4 is 27.7 Å². The van der Waals surface area contributed by atoms with Crippen LogP contribution >= 0.6 is 27.7 Å². The van der Waals surface area contributed by atoms with Gasteiger partial charge in [0, 0.05) is 21.7 Å². The van der Waals surface area contributed by atoms with Crippen LogP contribution in [0.15, 0.2) is 57.9 Å². The second-order valence-electron chi connectivity index (χ2n) is 4.00. The van der Waals surface area contributed by atoms with Crippen molar-refractivity contribution in [2.75, 3.05) is 12.4 Å². The van der Waals surface area contributed by atoms with E-state index in [1.54, 1.807) is 11.8 Å². The fourth-order valence-electron chi connectivity index (χ4n) is 1.60. The molecular formula is C15H16BrNOS. The lowest BCUT2D eigenvalue weighted by Crippen LogP contribution is -2.00. The minimum absolute atomic E-state index is 0.594. The van der Waals surface area contributed by atoms with Crippen LogP contribution < -0.4 is 10.5 Å². The van der Waals surface area contributed by atoms with E-state index in [0.29, 0.717) is 13.2 Å². The Bertz CT molecular complexity index is 516. The summed E-state index contributed by atoms with van der Waals surface area (Å²) < 4.78 is 6.72. The van der Waals surface area contributed by atoms with Crippen molar-refractivity contribution in [3.8, 4) is 5.75 Å². The maximum Gasteiger partial charge on any atom is 0.120 e. The monoisotopic (exact) mass is 337 g/mol. The molecule has 0 aromatic heterocycles. The van der Waals surface area contributed by atoms with Crippen LogP contribution in [0.1, 0.15) is 5.56 Å². The lowest BCUT2D eigenvalue weighted by Gasteiger charge is -2.06. The van der Waals surface area contributed by atoms with Crippen molar-refractivity contribution in [3.05, 3.63) is 58.6 Å². The third-order valence-corrected chi connectivity index (χ3v) is 4.05. The zero-order valence-electron chi connectivity index (χ0n) is 10.5. The standard InChI is InChI=1S/C15H16BrNOS/c16-13-2-1-3-14(10-13)18-8-9-19-15-6-4-12(11-17)5-7-15/h1-7,10H,8-9,11,17H2. The molecule has 0 saturated heterocycles. The molecule has 0 saturated carbocycles. The normalized spacial score (nSPS) is 10.4. The molecule has 0 fully saturated rings. The van der Waals surface area contributed by atoms with E-state index in [-0.39, 0.29) is 0 Å². The minimum atomic E-state index is 0.594. The van der Waals surface area contributed by atoms with Crippen molar-refractivity contribution in [2.24, 2.45) is 5.73 Å². The highest BCUT2D eigenvalue weighted by Gasteiger charge is 1.97. The first-order chi connectivity index (χ1) is 9.28. The van der Waals surface area contributed by atoms with Gasteiger partial charge in [-0.15, -0.1) is 11.8 Å². The summed E-state index contributed by atoms with van der Waals surface area (Å²) in [6, 6.07) is 16.2. The Morgan fingerprint density at radius 1 is 1.11 bits per heavy atom. The van der Waals surface area contributed by atoms with Crippen molar-refractivity contribution in [2.45, 2.75) is 11.4 Å². The zero-order chi connectivity index (χ0) is 13.5. The summed E-state index contributed by atoms with van der Waals surface area (Å²) in [4.78, 5) is 1.25. The zero-order valence-corrected chi connectivity index (χ0v) is 12.9. The van der Waals surface area contributed by atoms with Crippen LogP contribution in [0, 0.1) is 0 Å². The number of ether oxygens (including phenoxy) is 1. The second kappa shape index (κ2) is 7.58. The topological polar surface area (TPSA) is 35.2 Å². The first-order valence-electron chi connectivity index (χ1n) is 6.08. The summed E-state index contributed by atoms with van der Waals surface area (Å²) in [7, 11) is 0. The second-order valence-corrected chi connectivity index (χ2v) is 6.09. The molecule has 2 N–H and O–H groups in total. The molecule has 100 valence electrons. The number of hydrogen-bond donors (Lipinski definition) is 1. The van der Waals surface area contributed by atoms with E-state index in [1.165, 1.54) is 4.90 Å². The van der Waals surface area contributed by atoms with Crippen LogP contribution in [0.5, 0.6) is 5.75 Å². The highest BCUT2D eigenvalue weighted by Crippen LogP contribution is 2.20. The van der Waals surface area contributed by atoms with Gasteiger partial charge in [-0.2, -0.15) is 0 Å². The fourth-order valence-corrected chi connectivity index (χ4v) is 2.71. The van der Waals surface area contributed by atoms with Gasteiger partial charge in [0.25, 0.3) is 0 Å². The quantitative estimate of drug-likeness (QED) is 0.637. The summed E-state index contributed by atoms with van der Waals surface area (Å²) in [5.74, 6) is 1.82. The van der Waals surface area contributed by atoms with Crippen molar-refractivity contribution in [1.82, 2.24) is 0 Å². The molecule has 2 aromatic rings. The van der Waals surface area contributed by atoms with Crippen molar-refractivity contribution in [3.63, 3.8) is 0 Å². The first kappa shape index (κ1) is 14.4. The molecule has 0 atom stereocenters. The molecule has 2 rings (SSSR count). The van der Waals surface area contributed by atoms with Crippen LogP contribution in [-0.4, -0.2) is 12.4 Å². The van der Waals surface area contributed by atoms with E-state index in [4.69, 9.17) is 10.5 Å². The Kier molecular flexibility index (Phi) is 5.76. The van der Waals surface area contributed by atoms with E-state index < -0.39 is 0 Å². The largest absolute Gasteiger partial charge is 0.493 e. The molecule has 0 aliphatic carbocycles. The first-order valence-corrected chi connectivity index (χ1v) is 7.86. The number of benzene rings is 2. The lowest BCUT2D eigenvalue weighted by molar-refractivity contribution is 0.344. The Balaban J connectivity index is 1.74. The molecule has 0 spiro atoms. The van der Waals surface area contributed by atoms with Gasteiger partial charge in [-0.05, 0) is 35.9 Å². The maximum atomic E-state index is 5.68. The Hall–Kier alpha value is -0.970. The lowest BCUT2D eigenvalue weighted by atomic mass is 10.2. The number of rotatable bonds is 6. The highest BCUT2D eigenvalue weighted by atomic mass is 79.9. The summed E-state index contributed by atoms with van der Waals surface area (Å²) in [5, 5.41) is 0. The number of hydrogen-bond acceptors (Lipinski definition) is 3. The van der Waals surface area contributed by atoms with Crippen LogP contribution in [0.25, 0.3) is 0 Å². The van der Waals surface area contributed by atoms with E-state index in [1.807, 2.05) is 24.3 Å². The third kappa shape index (κ3) is 4.90. The van der Waals surface area contributed by atoms with Gasteiger partial charge in [-0.25, -0.2) is 0 Å². The molecule has 19 heavy (non-hydrogen) atoms. The molecule has 0 unspecified atom stereocenters. The van der Waals surface area contributed by atoms with Crippen LogP contribution in [0.2, 0.25) is 0 Å². The smallest absolute Gasteiger partial charge is 0.120 e. The molecule has 4 heteroatoms. The molecule has 2 aromatic carbocycles. The summed E-state index contributed by atoms with van der Waals surface area (Å²) in [5.41, 5.74) is 6.73. The predicted molar refractivity (Wildman–Crippen MR) is 84.7 cm³/mol. The molecule has 0 bridgehead atoms. The molecule has 0 aliphatic rings. The van der Waals surface area contributed by atoms with Crippen LogP contribution in [0.3, 0.4) is 0 Å². The molecule has 0 heterocycles. The van der Waals surface area contributed by atoms with E-state index in [9.17, 15) is 0 Å². The van der Waals surface area contributed by atoms with Gasteiger partial charge in [0.1, 0.15) is 5.75 Å². The van der Waals surface area contributed by atoms with Gasteiger partial charge in [0.15, 0.2) is 0 Å². The fraction of sp³-hybridized carbons (Fsp3) is 0.200. The Labute approximate surface area is 126 Å². The van der Waals surface area contributed by atoms with E-state index in [2.05, 4.69) is 40.2 Å². The number of nitrogens with two attached hydrogens (primary N) is 1. The SMILES string of the molecule is NCc1ccc(SCCOc2cccc(Br)c2)cc1. The molecule has 0 aliphatic heterocycles. The summed E-state index contributed by atoms with van der Waals surface area (Å²) in [6.07, 6.45) is 0. The van der Waals surface area contributed by atoms with Crippen molar-refractivity contribution in [1.29, 1.82) is 0 Å². The number of halogens is 1. The highest BCUT2D eigenvalue weighted by molar-refractivity contribution is 9.10. The predicted octanol–water partition coefficient (Wildman–Crippen LogP) is 4.08. The molecule has 2 nitrogen and oxygen atoms in total. The van der Waals surface area contributed by atoms with E-state index >= 15 is 0 Å². The van der Waals surface area contributed by atoms with Gasteiger partial charge in [-0.1, -0.05) is 34.1 Å². The third-order valence-electron chi connectivity index (χ3n) is 2.58. The average molecular weight is 338 g/mol. The molecule has 0 radical (unpaired) electrons. The van der Waals surface area contributed by atoms with Crippen molar-refractivity contribution < 1.29 is 4.74 Å². The maximum absolute atomic E-state index is 5.68. The average Bonchev–Trinajstić information content (AvgIpc) is 2.44. The van der Waals surface area contributed by atoms with Gasteiger partial charge >= 0.3 is 0 Å². The van der Waals surface area contributed by atoms with Crippen LogP contribution in [0.4, 0.5) is 0 Å². The number of thioether (sulfide) groups is 1. The minimum Gasteiger partial charge on any atom is -0.493 e. The van der Waals surface area contributed by atoms with Gasteiger partial charge in [0.2, 0.25) is 0 Å². The Morgan fingerprint density at radius 3 is 2.58 bits per heavy atom. The van der Waals surface area contributed by atoms with Gasteiger partial charge in [-0.3, -0.25) is 0 Å². The molecule has 0 amide bonds. The summed E-state index contributed by atoms with van der Waals surface area (Å²) >= 11 is 5.21. The van der Waals surface area contributed by atoms with Crippen LogP contribution in [-0.2, 0) is 6.54 Å². The molecular weight excluding hydrogens is 322 g/mol. The van der Waals surface area contributed by atoms with Gasteiger partial charge in [0.05, 0.1) is 6.61 Å². The van der Waals surface area contributed by atoms with E-state index in [0.717, 1.165) is 21.5 Å². The Morgan fingerprint density at radius 2 is 1.89 bits per heavy atom. The van der Waals surface area contributed by atoms with Gasteiger partial charge < -0.3 is 10.5 Å². The summed E-state index contributed by atoms with van der Waals surface area (Å²) in [6.45, 7) is 1.29.